The maximum atomic E-state index is 5.31. The summed E-state index contributed by atoms with van der Waals surface area (Å²) in [5.41, 5.74) is 0. The van der Waals surface area contributed by atoms with E-state index in [2.05, 4.69) is 49.5 Å². The molecule has 0 unspecified atom stereocenters. The zero-order chi connectivity index (χ0) is 12.1. The van der Waals surface area contributed by atoms with Gasteiger partial charge in [-0.05, 0) is 41.1 Å². The number of piperazine rings is 1. The van der Waals surface area contributed by atoms with Crippen molar-refractivity contribution in [3.8, 4) is 0 Å². The second kappa shape index (κ2) is 4.31. The highest BCUT2D eigenvalue weighted by molar-refractivity contribution is 14.1. The first-order valence-corrected chi connectivity index (χ1v) is 7.61. The molecule has 0 spiro atoms. The van der Waals surface area contributed by atoms with E-state index in [0.29, 0.717) is 18.1 Å². The number of anilines is 1. The number of likely N-dealkylation sites (tertiary alicyclic amines) is 1. The molecular formula is C13H16IN3O. The molecule has 5 heteroatoms. The minimum Gasteiger partial charge on any atom is -0.378 e. The SMILES string of the molecule is Ic1ccc(N2C[C@H]3C[C@@H]2CN3C2COC2)nc1. The van der Waals surface area contributed by atoms with E-state index in [-0.39, 0.29) is 0 Å². The van der Waals surface area contributed by atoms with Crippen LogP contribution >= 0.6 is 22.6 Å². The second-order valence-electron chi connectivity index (χ2n) is 5.42. The predicted molar refractivity (Wildman–Crippen MR) is 77.8 cm³/mol. The summed E-state index contributed by atoms with van der Waals surface area (Å²) >= 11 is 2.30. The van der Waals surface area contributed by atoms with Crippen molar-refractivity contribution in [1.82, 2.24) is 9.88 Å². The molecule has 3 fully saturated rings. The van der Waals surface area contributed by atoms with E-state index in [0.717, 1.165) is 25.6 Å². The maximum absolute atomic E-state index is 5.31. The zero-order valence-corrected chi connectivity index (χ0v) is 12.3. The lowest BCUT2D eigenvalue weighted by Crippen LogP contribution is -2.56. The van der Waals surface area contributed by atoms with Gasteiger partial charge in [-0.25, -0.2) is 4.98 Å². The predicted octanol–water partition coefficient (Wildman–Crippen LogP) is 1.35. The van der Waals surface area contributed by atoms with Crippen LogP contribution in [0.2, 0.25) is 0 Å². The van der Waals surface area contributed by atoms with Gasteiger partial charge in [0.15, 0.2) is 0 Å². The van der Waals surface area contributed by atoms with Crippen molar-refractivity contribution in [2.45, 2.75) is 24.5 Å². The Morgan fingerprint density at radius 3 is 2.61 bits per heavy atom. The first-order chi connectivity index (χ1) is 8.81. The summed E-state index contributed by atoms with van der Waals surface area (Å²) in [5, 5.41) is 0. The Hall–Kier alpha value is -0.400. The monoisotopic (exact) mass is 357 g/mol. The van der Waals surface area contributed by atoms with Crippen LogP contribution in [-0.4, -0.2) is 54.3 Å². The van der Waals surface area contributed by atoms with E-state index in [1.54, 1.807) is 0 Å². The average Bonchev–Trinajstić information content (AvgIpc) is 2.87. The molecule has 3 saturated heterocycles. The summed E-state index contributed by atoms with van der Waals surface area (Å²) in [5.74, 6) is 1.15. The van der Waals surface area contributed by atoms with Crippen LogP contribution < -0.4 is 4.90 Å². The van der Waals surface area contributed by atoms with Crippen LogP contribution in [0.1, 0.15) is 6.42 Å². The minimum atomic E-state index is 0.656. The van der Waals surface area contributed by atoms with Gasteiger partial charge in [0, 0.05) is 34.9 Å². The van der Waals surface area contributed by atoms with E-state index < -0.39 is 0 Å². The highest BCUT2D eigenvalue weighted by Crippen LogP contribution is 2.36. The Morgan fingerprint density at radius 2 is 2.06 bits per heavy atom. The summed E-state index contributed by atoms with van der Waals surface area (Å²) < 4.78 is 6.51. The van der Waals surface area contributed by atoms with Crippen LogP contribution in [0.5, 0.6) is 0 Å². The molecule has 1 aromatic rings. The van der Waals surface area contributed by atoms with Crippen molar-refractivity contribution >= 4 is 28.4 Å². The van der Waals surface area contributed by atoms with Gasteiger partial charge in [0.1, 0.15) is 5.82 Å². The fraction of sp³-hybridized carbons (Fsp3) is 0.615. The average molecular weight is 357 g/mol. The van der Waals surface area contributed by atoms with Crippen molar-refractivity contribution in [3.05, 3.63) is 21.9 Å². The molecule has 0 N–H and O–H groups in total. The van der Waals surface area contributed by atoms with Gasteiger partial charge in [0.25, 0.3) is 0 Å². The van der Waals surface area contributed by atoms with Crippen molar-refractivity contribution in [1.29, 1.82) is 0 Å². The van der Waals surface area contributed by atoms with Crippen LogP contribution in [0.3, 0.4) is 0 Å². The number of fused-ring (bicyclic) bond motifs is 2. The molecule has 4 heterocycles. The third-order valence-electron chi connectivity index (χ3n) is 4.38. The van der Waals surface area contributed by atoms with Gasteiger partial charge in [-0.2, -0.15) is 0 Å². The normalized spacial score (nSPS) is 31.9. The number of hydrogen-bond donors (Lipinski definition) is 0. The molecule has 4 rings (SSSR count). The minimum absolute atomic E-state index is 0.656. The molecule has 3 aliphatic rings. The molecule has 0 saturated carbocycles. The third-order valence-corrected chi connectivity index (χ3v) is 5.02. The first kappa shape index (κ1) is 11.4. The highest BCUT2D eigenvalue weighted by Gasteiger charge is 2.47. The topological polar surface area (TPSA) is 28.6 Å². The van der Waals surface area contributed by atoms with Crippen LogP contribution in [0.15, 0.2) is 18.3 Å². The molecule has 0 aliphatic carbocycles. The lowest BCUT2D eigenvalue weighted by Gasteiger charge is -2.42. The summed E-state index contributed by atoms with van der Waals surface area (Å²) in [7, 11) is 0. The molecule has 18 heavy (non-hydrogen) atoms. The molecule has 1 aromatic heterocycles. The van der Waals surface area contributed by atoms with Crippen LogP contribution in [0.4, 0.5) is 5.82 Å². The molecule has 2 bridgehead atoms. The van der Waals surface area contributed by atoms with Crippen LogP contribution in [0, 0.1) is 3.57 Å². The lowest BCUT2D eigenvalue weighted by atomic mass is 10.1. The van der Waals surface area contributed by atoms with Crippen molar-refractivity contribution < 1.29 is 4.74 Å². The molecule has 4 nitrogen and oxygen atoms in total. The largest absolute Gasteiger partial charge is 0.378 e. The number of pyridine rings is 1. The van der Waals surface area contributed by atoms with Crippen molar-refractivity contribution in [3.63, 3.8) is 0 Å². The maximum Gasteiger partial charge on any atom is 0.128 e. The Labute approximate surface area is 120 Å². The van der Waals surface area contributed by atoms with Gasteiger partial charge < -0.3 is 9.64 Å². The van der Waals surface area contributed by atoms with E-state index >= 15 is 0 Å². The second-order valence-corrected chi connectivity index (χ2v) is 6.66. The van der Waals surface area contributed by atoms with E-state index in [1.165, 1.54) is 16.5 Å². The van der Waals surface area contributed by atoms with Crippen LogP contribution in [-0.2, 0) is 4.74 Å². The summed E-state index contributed by atoms with van der Waals surface area (Å²) in [6.07, 6.45) is 3.25. The molecule has 0 radical (unpaired) electrons. The standard InChI is InChI=1S/C13H16IN3O/c14-9-1-2-13(15-4-9)17-6-10-3-11(17)5-16(10)12-7-18-8-12/h1-2,4,10-12H,3,5-8H2/t10-,11-/m1/s1. The number of nitrogens with zero attached hydrogens (tertiary/aromatic N) is 3. The van der Waals surface area contributed by atoms with E-state index in [9.17, 15) is 0 Å². The number of hydrogen-bond acceptors (Lipinski definition) is 4. The van der Waals surface area contributed by atoms with E-state index in [1.807, 2.05) is 6.20 Å². The van der Waals surface area contributed by atoms with Gasteiger partial charge in [-0.15, -0.1) is 0 Å². The molecule has 96 valence electrons. The fourth-order valence-electron chi connectivity index (χ4n) is 3.38. The third kappa shape index (κ3) is 1.75. The van der Waals surface area contributed by atoms with Gasteiger partial charge in [-0.3, -0.25) is 4.90 Å². The molecule has 0 aromatic carbocycles. The summed E-state index contributed by atoms with van der Waals surface area (Å²) in [6.45, 7) is 4.19. The molecule has 2 atom stereocenters. The zero-order valence-electron chi connectivity index (χ0n) is 10.1. The van der Waals surface area contributed by atoms with Gasteiger partial charge >= 0.3 is 0 Å². The quantitative estimate of drug-likeness (QED) is 0.748. The molecular weight excluding hydrogens is 341 g/mol. The number of rotatable bonds is 2. The fourth-order valence-corrected chi connectivity index (χ4v) is 3.70. The Kier molecular flexibility index (Phi) is 2.74. The smallest absolute Gasteiger partial charge is 0.128 e. The Balaban J connectivity index is 1.49. The van der Waals surface area contributed by atoms with Crippen molar-refractivity contribution in [2.75, 3.05) is 31.2 Å². The lowest BCUT2D eigenvalue weighted by molar-refractivity contribution is -0.0708. The Bertz CT molecular complexity index is 448. The van der Waals surface area contributed by atoms with Gasteiger partial charge in [-0.1, -0.05) is 0 Å². The summed E-state index contributed by atoms with van der Waals surface area (Å²) in [4.78, 5) is 9.69. The highest BCUT2D eigenvalue weighted by atomic mass is 127. The summed E-state index contributed by atoms with van der Waals surface area (Å²) in [6, 6.07) is 6.35. The molecule has 0 amide bonds. The number of halogens is 1. The Morgan fingerprint density at radius 1 is 1.17 bits per heavy atom. The first-order valence-electron chi connectivity index (χ1n) is 6.53. The number of ether oxygens (including phenoxy) is 1. The molecule has 3 aliphatic heterocycles. The van der Waals surface area contributed by atoms with Crippen LogP contribution in [0.25, 0.3) is 0 Å². The van der Waals surface area contributed by atoms with Gasteiger partial charge in [0.2, 0.25) is 0 Å². The van der Waals surface area contributed by atoms with E-state index in [4.69, 9.17) is 4.74 Å². The number of aromatic nitrogens is 1. The van der Waals surface area contributed by atoms with Gasteiger partial charge in [0.05, 0.1) is 19.3 Å². The van der Waals surface area contributed by atoms with Crippen molar-refractivity contribution in [2.24, 2.45) is 0 Å².